The van der Waals surface area contributed by atoms with Crippen LogP contribution in [-0.4, -0.2) is 41.6 Å². The van der Waals surface area contributed by atoms with Crippen molar-refractivity contribution in [3.8, 4) is 0 Å². The summed E-state index contributed by atoms with van der Waals surface area (Å²) in [6.45, 7) is 10.6. The monoisotopic (exact) mass is 330 g/mol. The van der Waals surface area contributed by atoms with Gasteiger partial charge in [-0.15, -0.1) is 0 Å². The molecular formula is C16H30N2O5. The molecule has 0 heterocycles. The van der Waals surface area contributed by atoms with Crippen LogP contribution in [-0.2, 0) is 19.1 Å². The fraction of sp³-hybridized carbons (Fsp3) is 0.812. The highest BCUT2D eigenvalue weighted by Gasteiger charge is 2.31. The minimum Gasteiger partial charge on any atom is -0.454 e. The number of carbonyl (C=O) groups is 3. The Bertz CT molecular complexity index is 421. The molecule has 134 valence electrons. The summed E-state index contributed by atoms with van der Waals surface area (Å²) in [6, 6.07) is -0.980. The highest BCUT2D eigenvalue weighted by Crippen LogP contribution is 2.11. The lowest BCUT2D eigenvalue weighted by atomic mass is 10.0. The van der Waals surface area contributed by atoms with Crippen LogP contribution in [0.25, 0.3) is 0 Å². The summed E-state index contributed by atoms with van der Waals surface area (Å²) in [5, 5.41) is 2.45. The van der Waals surface area contributed by atoms with E-state index in [2.05, 4.69) is 5.32 Å². The zero-order chi connectivity index (χ0) is 18.3. The van der Waals surface area contributed by atoms with E-state index >= 15 is 0 Å². The molecule has 0 fully saturated rings. The lowest BCUT2D eigenvalue weighted by molar-refractivity contribution is -0.163. The van der Waals surface area contributed by atoms with Crippen molar-refractivity contribution in [2.45, 2.75) is 78.0 Å². The largest absolute Gasteiger partial charge is 0.454 e. The average molecular weight is 330 g/mol. The molecule has 0 aromatic rings. The summed E-state index contributed by atoms with van der Waals surface area (Å²) in [5.74, 6) is -1.76. The van der Waals surface area contributed by atoms with E-state index in [4.69, 9.17) is 15.2 Å². The first-order chi connectivity index (χ1) is 10.4. The van der Waals surface area contributed by atoms with Gasteiger partial charge in [-0.05, 0) is 67.3 Å². The van der Waals surface area contributed by atoms with Crippen LogP contribution in [0.1, 0.15) is 60.8 Å². The van der Waals surface area contributed by atoms with Gasteiger partial charge in [-0.25, -0.2) is 9.59 Å². The van der Waals surface area contributed by atoms with Crippen LogP contribution in [0.2, 0.25) is 0 Å². The van der Waals surface area contributed by atoms with Crippen molar-refractivity contribution in [1.29, 1.82) is 0 Å². The normalized spacial score (nSPS) is 13.2. The second kappa shape index (κ2) is 8.86. The Labute approximate surface area is 138 Å². The average Bonchev–Trinajstić information content (AvgIpc) is 2.32. The van der Waals surface area contributed by atoms with Crippen molar-refractivity contribution < 1.29 is 23.9 Å². The van der Waals surface area contributed by atoms with Gasteiger partial charge in [0.2, 0.25) is 0 Å². The molecule has 0 unspecified atom stereocenters. The van der Waals surface area contributed by atoms with Gasteiger partial charge in [-0.3, -0.25) is 4.79 Å². The molecule has 0 saturated carbocycles. The lowest BCUT2D eigenvalue weighted by Crippen LogP contribution is -2.47. The third-order valence-corrected chi connectivity index (χ3v) is 2.55. The van der Waals surface area contributed by atoms with Crippen molar-refractivity contribution in [3.05, 3.63) is 0 Å². The first-order valence-electron chi connectivity index (χ1n) is 7.82. The van der Waals surface area contributed by atoms with E-state index in [0.717, 1.165) is 0 Å². The fourth-order valence-corrected chi connectivity index (χ4v) is 1.68. The lowest BCUT2D eigenvalue weighted by Gasteiger charge is -2.24. The first kappa shape index (κ1) is 21.4. The van der Waals surface area contributed by atoms with Crippen LogP contribution in [0.5, 0.6) is 0 Å². The van der Waals surface area contributed by atoms with E-state index in [1.807, 2.05) is 0 Å². The van der Waals surface area contributed by atoms with E-state index in [1.54, 1.807) is 41.5 Å². The molecule has 0 aromatic heterocycles. The zero-order valence-corrected chi connectivity index (χ0v) is 15.0. The van der Waals surface area contributed by atoms with Crippen LogP contribution < -0.4 is 11.1 Å². The van der Waals surface area contributed by atoms with Crippen LogP contribution in [0.4, 0.5) is 4.79 Å². The molecule has 0 spiro atoms. The van der Waals surface area contributed by atoms with Gasteiger partial charge >= 0.3 is 12.1 Å². The predicted molar refractivity (Wildman–Crippen MR) is 86.9 cm³/mol. The third kappa shape index (κ3) is 10.7. The van der Waals surface area contributed by atoms with E-state index in [0.29, 0.717) is 25.8 Å². The Balaban J connectivity index is 4.88. The summed E-state index contributed by atoms with van der Waals surface area (Å²) in [7, 11) is 0. The van der Waals surface area contributed by atoms with Crippen molar-refractivity contribution in [2.75, 3.05) is 6.54 Å². The van der Waals surface area contributed by atoms with E-state index in [9.17, 15) is 14.4 Å². The van der Waals surface area contributed by atoms with Crippen LogP contribution in [0.3, 0.4) is 0 Å². The molecule has 0 aliphatic heterocycles. The Kier molecular flexibility index (Phi) is 8.23. The fourth-order valence-electron chi connectivity index (χ4n) is 1.68. The van der Waals surface area contributed by atoms with Crippen molar-refractivity contribution in [1.82, 2.24) is 5.32 Å². The number of ether oxygens (including phenoxy) is 2. The quantitative estimate of drug-likeness (QED) is 0.419. The number of ketones is 1. The van der Waals surface area contributed by atoms with Gasteiger partial charge in [-0.2, -0.15) is 0 Å². The maximum Gasteiger partial charge on any atom is 0.408 e. The van der Waals surface area contributed by atoms with Gasteiger partial charge in [0.05, 0.1) is 0 Å². The molecule has 0 aromatic carbocycles. The Hall–Kier alpha value is -1.63. The number of unbranched alkanes of at least 4 members (excludes halogenated alkanes) is 1. The maximum atomic E-state index is 12.2. The second-order valence-electron chi connectivity index (χ2n) is 7.35. The third-order valence-electron chi connectivity index (χ3n) is 2.55. The summed E-state index contributed by atoms with van der Waals surface area (Å²) in [4.78, 5) is 36.0. The van der Waals surface area contributed by atoms with Crippen molar-refractivity contribution in [2.24, 2.45) is 5.73 Å². The van der Waals surface area contributed by atoms with Gasteiger partial charge in [0.1, 0.15) is 17.2 Å². The molecule has 0 aliphatic rings. The number of carbonyl (C=O) groups excluding carboxylic acids is 3. The molecule has 0 radical (unpaired) electrons. The number of alkyl carbamates (subject to hydrolysis) is 1. The number of Topliss-reactive ketones (excluding diaryl/α,β-unsaturated/α-hetero) is 1. The number of amides is 1. The van der Waals surface area contributed by atoms with E-state index < -0.39 is 35.1 Å². The summed E-state index contributed by atoms with van der Waals surface area (Å²) < 4.78 is 10.2. The molecule has 1 amide bonds. The molecule has 0 aliphatic carbocycles. The summed E-state index contributed by atoms with van der Waals surface area (Å²) in [5.41, 5.74) is 3.96. The first-order valence-corrected chi connectivity index (χ1v) is 7.82. The van der Waals surface area contributed by atoms with E-state index in [-0.39, 0.29) is 0 Å². The summed E-state index contributed by atoms with van der Waals surface area (Å²) in [6.07, 6.45) is 0.848. The highest BCUT2D eigenvalue weighted by molar-refractivity contribution is 6.36. The molecule has 0 bridgehead atoms. The maximum absolute atomic E-state index is 12.2. The standard InChI is InChI=1S/C16H30N2O5/c1-15(2,3)22-13(20)12(19)11(9-7-8-10-17)18-14(21)23-16(4,5)6/h11H,7-10,17H2,1-6H3,(H,18,21)/t11-/m1/s1. The van der Waals surface area contributed by atoms with Crippen molar-refractivity contribution >= 4 is 17.8 Å². The smallest absolute Gasteiger partial charge is 0.408 e. The number of nitrogens with two attached hydrogens (primary N) is 1. The number of nitrogens with one attached hydrogen (secondary N) is 1. The molecule has 3 N–H and O–H groups in total. The highest BCUT2D eigenvalue weighted by atomic mass is 16.6. The number of rotatable bonds is 7. The molecular weight excluding hydrogens is 300 g/mol. The molecule has 0 rings (SSSR count). The molecule has 0 saturated heterocycles. The summed E-state index contributed by atoms with van der Waals surface area (Å²) >= 11 is 0. The van der Waals surface area contributed by atoms with Crippen molar-refractivity contribution in [3.63, 3.8) is 0 Å². The molecule has 1 atom stereocenters. The number of esters is 1. The Morgan fingerprint density at radius 2 is 1.48 bits per heavy atom. The van der Waals surface area contributed by atoms with Gasteiger partial charge in [0.25, 0.3) is 5.78 Å². The molecule has 23 heavy (non-hydrogen) atoms. The number of hydrogen-bond donors (Lipinski definition) is 2. The van der Waals surface area contributed by atoms with Gasteiger partial charge in [0, 0.05) is 0 Å². The second-order valence-corrected chi connectivity index (χ2v) is 7.35. The number of hydrogen-bond acceptors (Lipinski definition) is 6. The predicted octanol–water partition coefficient (Wildman–Crippen LogP) is 1.92. The van der Waals surface area contributed by atoms with Crippen LogP contribution in [0.15, 0.2) is 0 Å². The van der Waals surface area contributed by atoms with Gasteiger partial charge in [0.15, 0.2) is 0 Å². The van der Waals surface area contributed by atoms with Gasteiger partial charge < -0.3 is 20.5 Å². The van der Waals surface area contributed by atoms with Crippen LogP contribution >= 0.6 is 0 Å². The molecule has 7 heteroatoms. The Morgan fingerprint density at radius 3 is 1.91 bits per heavy atom. The van der Waals surface area contributed by atoms with Gasteiger partial charge in [-0.1, -0.05) is 0 Å². The minimum absolute atomic E-state index is 0.300. The van der Waals surface area contributed by atoms with Crippen LogP contribution in [0, 0.1) is 0 Å². The Morgan fingerprint density at radius 1 is 0.957 bits per heavy atom. The zero-order valence-electron chi connectivity index (χ0n) is 15.0. The SMILES string of the molecule is CC(C)(C)OC(=O)N[C@H](CCCCN)C(=O)C(=O)OC(C)(C)C. The minimum atomic E-state index is -0.980. The topological polar surface area (TPSA) is 108 Å². The van der Waals surface area contributed by atoms with E-state index in [1.165, 1.54) is 0 Å². The molecule has 7 nitrogen and oxygen atoms in total.